The molecule has 0 unspecified atom stereocenters. The van der Waals surface area contributed by atoms with Gasteiger partial charge in [0.2, 0.25) is 0 Å². The van der Waals surface area contributed by atoms with Gasteiger partial charge in [-0.3, -0.25) is 19.4 Å². The van der Waals surface area contributed by atoms with Gasteiger partial charge >= 0.3 is 0 Å². The first-order valence-electron chi connectivity index (χ1n) is 8.70. The summed E-state index contributed by atoms with van der Waals surface area (Å²) in [6.45, 7) is 1.07. The van der Waals surface area contributed by atoms with Crippen LogP contribution in [-0.4, -0.2) is 44.3 Å². The number of rotatable bonds is 4. The van der Waals surface area contributed by atoms with E-state index in [-0.39, 0.29) is 25.0 Å². The number of hydrogen-bond acceptors (Lipinski definition) is 5. The van der Waals surface area contributed by atoms with Crippen LogP contribution in [0.25, 0.3) is 22.0 Å². The number of pyridine rings is 2. The van der Waals surface area contributed by atoms with Crippen LogP contribution >= 0.6 is 0 Å². The van der Waals surface area contributed by atoms with Gasteiger partial charge in [0.05, 0.1) is 24.3 Å². The van der Waals surface area contributed by atoms with E-state index < -0.39 is 5.67 Å². The Kier molecular flexibility index (Phi) is 4.24. The fourth-order valence-corrected chi connectivity index (χ4v) is 3.33. The largest absolute Gasteiger partial charge is 0.316 e. The Balaban J connectivity index is 1.61. The topological polar surface area (TPSA) is 72.7 Å². The third-order valence-corrected chi connectivity index (χ3v) is 4.90. The molecule has 1 saturated heterocycles. The molecule has 1 aliphatic rings. The minimum Gasteiger partial charge on any atom is -0.316 e. The first-order valence-corrected chi connectivity index (χ1v) is 8.70. The summed E-state index contributed by atoms with van der Waals surface area (Å²) < 4.78 is 16.5. The summed E-state index contributed by atoms with van der Waals surface area (Å²) in [5.74, 6) is -0.387. The molecule has 0 aromatic carbocycles. The third kappa shape index (κ3) is 3.22. The van der Waals surface area contributed by atoms with Crippen LogP contribution in [0, 0.1) is 0 Å². The number of ketones is 1. The van der Waals surface area contributed by atoms with E-state index in [4.69, 9.17) is 0 Å². The molecule has 0 aliphatic carbocycles. The van der Waals surface area contributed by atoms with Gasteiger partial charge in [-0.2, -0.15) is 5.10 Å². The Labute approximate surface area is 150 Å². The first kappa shape index (κ1) is 16.8. The van der Waals surface area contributed by atoms with E-state index >= 15 is 0 Å². The quantitative estimate of drug-likeness (QED) is 0.779. The van der Waals surface area contributed by atoms with Crippen molar-refractivity contribution in [1.82, 2.24) is 25.1 Å². The molecule has 1 N–H and O–H groups in total. The molecule has 134 valence electrons. The lowest BCUT2D eigenvalue weighted by molar-refractivity contribution is -0.131. The van der Waals surface area contributed by atoms with Crippen LogP contribution in [0.1, 0.15) is 18.5 Å². The van der Waals surface area contributed by atoms with Gasteiger partial charge in [0, 0.05) is 54.5 Å². The van der Waals surface area contributed by atoms with Gasteiger partial charge in [0.1, 0.15) is 0 Å². The molecule has 0 bridgehead atoms. The second-order valence-corrected chi connectivity index (χ2v) is 6.81. The maximum Gasteiger partial charge on any atom is 0.175 e. The highest BCUT2D eigenvalue weighted by molar-refractivity contribution is 5.90. The molecule has 0 atom stereocenters. The zero-order valence-corrected chi connectivity index (χ0v) is 14.6. The monoisotopic (exact) mass is 353 g/mol. The van der Waals surface area contributed by atoms with Crippen LogP contribution in [0.4, 0.5) is 4.39 Å². The Morgan fingerprint density at radius 2 is 2.00 bits per heavy atom. The third-order valence-electron chi connectivity index (χ3n) is 4.90. The predicted octanol–water partition coefficient (Wildman–Crippen LogP) is 2.23. The van der Waals surface area contributed by atoms with Gasteiger partial charge in [0.15, 0.2) is 11.5 Å². The van der Waals surface area contributed by atoms with Crippen LogP contribution in [0.2, 0.25) is 0 Å². The number of alkyl halides is 1. The summed E-state index contributed by atoms with van der Waals surface area (Å²) in [4.78, 5) is 21.2. The van der Waals surface area contributed by atoms with Crippen molar-refractivity contribution in [3.05, 3.63) is 42.6 Å². The van der Waals surface area contributed by atoms with Crippen molar-refractivity contribution in [2.24, 2.45) is 7.05 Å². The minimum atomic E-state index is -1.74. The Bertz CT molecular complexity index is 961. The van der Waals surface area contributed by atoms with Gasteiger partial charge in [-0.25, -0.2) is 4.39 Å². The fourth-order valence-electron chi connectivity index (χ4n) is 3.33. The number of fused-ring (bicyclic) bond motifs is 1. The van der Waals surface area contributed by atoms with Gasteiger partial charge in [0.25, 0.3) is 0 Å². The molecular weight excluding hydrogens is 333 g/mol. The van der Waals surface area contributed by atoms with Crippen molar-refractivity contribution in [2.75, 3.05) is 13.1 Å². The minimum absolute atomic E-state index is 0.00353. The van der Waals surface area contributed by atoms with E-state index in [1.54, 1.807) is 23.3 Å². The maximum atomic E-state index is 14.8. The van der Waals surface area contributed by atoms with E-state index in [9.17, 15) is 9.18 Å². The van der Waals surface area contributed by atoms with Crippen LogP contribution < -0.4 is 5.32 Å². The number of nitrogens with one attached hydrogen (secondary N) is 1. The van der Waals surface area contributed by atoms with Crippen molar-refractivity contribution in [3.63, 3.8) is 0 Å². The molecule has 3 aromatic heterocycles. The van der Waals surface area contributed by atoms with Crippen LogP contribution in [0.5, 0.6) is 0 Å². The number of halogens is 1. The molecule has 7 heteroatoms. The zero-order chi connectivity index (χ0) is 18.1. The van der Waals surface area contributed by atoms with E-state index in [1.807, 2.05) is 25.4 Å². The molecule has 1 fully saturated rings. The lowest BCUT2D eigenvalue weighted by Crippen LogP contribution is -2.45. The van der Waals surface area contributed by atoms with E-state index in [0.29, 0.717) is 18.8 Å². The summed E-state index contributed by atoms with van der Waals surface area (Å²) in [5, 5.41) is 8.14. The van der Waals surface area contributed by atoms with Gasteiger partial charge in [-0.05, 0) is 25.2 Å². The van der Waals surface area contributed by atoms with Crippen molar-refractivity contribution < 1.29 is 9.18 Å². The molecule has 26 heavy (non-hydrogen) atoms. The second-order valence-electron chi connectivity index (χ2n) is 6.81. The number of Topliss-reactive ketones (excluding diaryl/α,β-unsaturated/α-hetero) is 1. The number of aryl methyl sites for hydroxylation is 1. The standard InChI is InChI=1S/C19H20FN5O/c1-25-12-15(10-24-25)14-6-13-7-16(22-11-17(13)23-9-14)8-18(26)19(20)2-4-21-5-3-19/h6-7,9-12,21H,2-5,8H2,1H3. The summed E-state index contributed by atoms with van der Waals surface area (Å²) in [5.41, 5.74) is 1.48. The average molecular weight is 353 g/mol. The lowest BCUT2D eigenvalue weighted by atomic mass is 9.87. The fraction of sp³-hybridized carbons (Fsp3) is 0.368. The molecule has 6 nitrogen and oxygen atoms in total. The highest BCUT2D eigenvalue weighted by atomic mass is 19.1. The Morgan fingerprint density at radius 3 is 2.73 bits per heavy atom. The van der Waals surface area contributed by atoms with Gasteiger partial charge in [-0.15, -0.1) is 0 Å². The van der Waals surface area contributed by atoms with Crippen molar-refractivity contribution in [2.45, 2.75) is 24.9 Å². The van der Waals surface area contributed by atoms with E-state index in [2.05, 4.69) is 20.4 Å². The highest BCUT2D eigenvalue weighted by Gasteiger charge is 2.39. The predicted molar refractivity (Wildman–Crippen MR) is 96.4 cm³/mol. The van der Waals surface area contributed by atoms with E-state index in [0.717, 1.165) is 22.0 Å². The van der Waals surface area contributed by atoms with Gasteiger partial charge in [-0.1, -0.05) is 0 Å². The number of carbonyl (C=O) groups excluding carboxylic acids is 1. The first-order chi connectivity index (χ1) is 12.5. The molecule has 0 saturated carbocycles. The molecule has 4 heterocycles. The van der Waals surface area contributed by atoms with Crippen molar-refractivity contribution >= 4 is 16.7 Å². The number of hydrogen-bond donors (Lipinski definition) is 1. The van der Waals surface area contributed by atoms with Crippen LogP contribution in [0.15, 0.2) is 36.9 Å². The highest BCUT2D eigenvalue weighted by Crippen LogP contribution is 2.27. The molecule has 0 spiro atoms. The zero-order valence-electron chi connectivity index (χ0n) is 14.6. The smallest absolute Gasteiger partial charge is 0.175 e. The Hall–Kier alpha value is -2.67. The number of carbonyl (C=O) groups is 1. The molecular formula is C19H20FN5O. The molecule has 4 rings (SSSR count). The molecule has 0 radical (unpaired) electrons. The molecule has 1 aliphatic heterocycles. The number of piperidine rings is 1. The van der Waals surface area contributed by atoms with Crippen molar-refractivity contribution in [3.8, 4) is 11.1 Å². The summed E-state index contributed by atoms with van der Waals surface area (Å²) in [7, 11) is 1.86. The van der Waals surface area contributed by atoms with Crippen LogP contribution in [0.3, 0.4) is 0 Å². The van der Waals surface area contributed by atoms with Crippen LogP contribution in [-0.2, 0) is 18.3 Å². The summed E-state index contributed by atoms with van der Waals surface area (Å²) in [6.07, 6.45) is 7.56. The molecule has 0 amide bonds. The van der Waals surface area contributed by atoms with Crippen molar-refractivity contribution in [1.29, 1.82) is 0 Å². The average Bonchev–Trinajstić information content (AvgIpc) is 3.08. The Morgan fingerprint density at radius 1 is 1.19 bits per heavy atom. The SMILES string of the molecule is Cn1cc(-c2cnc3cnc(CC(=O)C4(F)CCNCC4)cc3c2)cn1. The summed E-state index contributed by atoms with van der Waals surface area (Å²) in [6, 6.07) is 3.81. The van der Waals surface area contributed by atoms with Gasteiger partial charge < -0.3 is 5.32 Å². The second kappa shape index (κ2) is 6.57. The maximum absolute atomic E-state index is 14.8. The lowest BCUT2D eigenvalue weighted by Gasteiger charge is -2.28. The number of nitrogens with zero attached hydrogens (tertiary/aromatic N) is 4. The summed E-state index contributed by atoms with van der Waals surface area (Å²) >= 11 is 0. The molecule has 3 aromatic rings. The van der Waals surface area contributed by atoms with E-state index in [1.165, 1.54) is 0 Å². The number of aromatic nitrogens is 4. The normalized spacial score (nSPS) is 16.7.